The summed E-state index contributed by atoms with van der Waals surface area (Å²) in [6, 6.07) is 0.347. The fourth-order valence-electron chi connectivity index (χ4n) is 2.32. The molecule has 4 heteroatoms. The van der Waals surface area contributed by atoms with Gasteiger partial charge >= 0.3 is 6.03 Å². The molecule has 0 saturated carbocycles. The summed E-state index contributed by atoms with van der Waals surface area (Å²) in [4.78, 5) is 14.0. The standard InChI is InChI=1S/C13H22N2O2/c1-3-13(2)10-15(8-9-17-13)12(16)14-11-6-4-5-7-11/h4-5,11H,3,6-10H2,1-2H3,(H,14,16)/t13-/m1/s1. The summed E-state index contributed by atoms with van der Waals surface area (Å²) in [5.74, 6) is 0. The Bertz CT molecular complexity index is 309. The molecule has 1 fully saturated rings. The van der Waals surface area contributed by atoms with E-state index in [9.17, 15) is 4.79 Å². The van der Waals surface area contributed by atoms with Crippen LogP contribution in [0.25, 0.3) is 0 Å². The first-order valence-corrected chi connectivity index (χ1v) is 6.47. The zero-order valence-electron chi connectivity index (χ0n) is 10.7. The number of rotatable bonds is 2. The lowest BCUT2D eigenvalue weighted by Gasteiger charge is -2.40. The molecule has 1 N–H and O–H groups in total. The molecule has 1 heterocycles. The number of morpholine rings is 1. The van der Waals surface area contributed by atoms with Crippen molar-refractivity contribution in [3.8, 4) is 0 Å². The second-order valence-electron chi connectivity index (χ2n) is 5.16. The van der Waals surface area contributed by atoms with Gasteiger partial charge in [0.1, 0.15) is 0 Å². The smallest absolute Gasteiger partial charge is 0.317 e. The maximum Gasteiger partial charge on any atom is 0.317 e. The fraction of sp³-hybridized carbons (Fsp3) is 0.769. The number of carbonyl (C=O) groups is 1. The van der Waals surface area contributed by atoms with Crippen LogP contribution in [-0.4, -0.2) is 42.3 Å². The predicted octanol–water partition coefficient (Wildman–Crippen LogP) is 1.92. The molecule has 0 radical (unpaired) electrons. The molecular weight excluding hydrogens is 216 g/mol. The molecule has 1 aliphatic carbocycles. The molecule has 0 bridgehead atoms. The Balaban J connectivity index is 1.86. The number of nitrogens with one attached hydrogen (secondary N) is 1. The molecule has 2 amide bonds. The molecule has 1 saturated heterocycles. The predicted molar refractivity (Wildman–Crippen MR) is 66.9 cm³/mol. The number of nitrogens with zero attached hydrogens (tertiary/aromatic N) is 1. The fourth-order valence-corrected chi connectivity index (χ4v) is 2.32. The van der Waals surface area contributed by atoms with E-state index in [4.69, 9.17) is 4.74 Å². The van der Waals surface area contributed by atoms with Crippen LogP contribution in [0.3, 0.4) is 0 Å². The minimum absolute atomic E-state index is 0.0571. The Labute approximate surface area is 103 Å². The molecule has 2 aliphatic rings. The monoisotopic (exact) mass is 238 g/mol. The summed E-state index contributed by atoms with van der Waals surface area (Å²) in [7, 11) is 0. The first-order chi connectivity index (χ1) is 8.13. The summed E-state index contributed by atoms with van der Waals surface area (Å²) in [5.41, 5.74) is -0.177. The minimum Gasteiger partial charge on any atom is -0.372 e. The molecule has 0 unspecified atom stereocenters. The van der Waals surface area contributed by atoms with Crippen LogP contribution >= 0.6 is 0 Å². The molecular formula is C13H22N2O2. The van der Waals surface area contributed by atoms with Crippen LogP contribution in [0.15, 0.2) is 12.2 Å². The molecule has 1 aliphatic heterocycles. The average Bonchev–Trinajstić information content (AvgIpc) is 2.82. The molecule has 1 atom stereocenters. The van der Waals surface area contributed by atoms with E-state index >= 15 is 0 Å². The first-order valence-electron chi connectivity index (χ1n) is 6.47. The van der Waals surface area contributed by atoms with Gasteiger partial charge in [-0.05, 0) is 26.2 Å². The van der Waals surface area contributed by atoms with Gasteiger partial charge in [-0.15, -0.1) is 0 Å². The quantitative estimate of drug-likeness (QED) is 0.747. The highest BCUT2D eigenvalue weighted by molar-refractivity contribution is 5.74. The third kappa shape index (κ3) is 3.00. The topological polar surface area (TPSA) is 41.6 Å². The Morgan fingerprint density at radius 2 is 2.24 bits per heavy atom. The highest BCUT2D eigenvalue weighted by Crippen LogP contribution is 2.21. The van der Waals surface area contributed by atoms with E-state index in [1.807, 2.05) is 4.90 Å². The molecule has 96 valence electrons. The van der Waals surface area contributed by atoms with E-state index in [2.05, 4.69) is 31.3 Å². The third-order valence-corrected chi connectivity index (χ3v) is 3.71. The van der Waals surface area contributed by atoms with E-state index in [1.165, 1.54) is 0 Å². The summed E-state index contributed by atoms with van der Waals surface area (Å²) in [6.07, 6.45) is 7.10. The van der Waals surface area contributed by atoms with Gasteiger partial charge in [0.25, 0.3) is 0 Å². The summed E-state index contributed by atoms with van der Waals surface area (Å²) in [5, 5.41) is 3.08. The zero-order chi connectivity index (χ0) is 12.3. The van der Waals surface area contributed by atoms with Crippen LogP contribution in [-0.2, 0) is 4.74 Å². The van der Waals surface area contributed by atoms with Crippen molar-refractivity contribution >= 4 is 6.03 Å². The minimum atomic E-state index is -0.177. The summed E-state index contributed by atoms with van der Waals surface area (Å²) in [6.45, 7) is 6.20. The van der Waals surface area contributed by atoms with Gasteiger partial charge in [0.15, 0.2) is 0 Å². The molecule has 2 rings (SSSR count). The van der Waals surface area contributed by atoms with Gasteiger partial charge in [0, 0.05) is 12.6 Å². The number of amides is 2. The number of hydrogen-bond donors (Lipinski definition) is 1. The Kier molecular flexibility index (Phi) is 3.72. The molecule has 4 nitrogen and oxygen atoms in total. The van der Waals surface area contributed by atoms with E-state index in [-0.39, 0.29) is 11.6 Å². The lowest BCUT2D eigenvalue weighted by atomic mass is 10.0. The summed E-state index contributed by atoms with van der Waals surface area (Å²) < 4.78 is 5.73. The van der Waals surface area contributed by atoms with Gasteiger partial charge in [-0.1, -0.05) is 19.1 Å². The van der Waals surface area contributed by atoms with Crippen LogP contribution in [0.1, 0.15) is 33.1 Å². The SMILES string of the molecule is CC[C@]1(C)CN(C(=O)NC2CC=CC2)CCO1. The van der Waals surface area contributed by atoms with E-state index in [0.29, 0.717) is 25.7 Å². The van der Waals surface area contributed by atoms with Crippen LogP contribution in [0.2, 0.25) is 0 Å². The van der Waals surface area contributed by atoms with Gasteiger partial charge in [-0.3, -0.25) is 0 Å². The lowest BCUT2D eigenvalue weighted by Crippen LogP contribution is -2.55. The molecule has 0 aromatic carbocycles. The first kappa shape index (κ1) is 12.4. The van der Waals surface area contributed by atoms with E-state index < -0.39 is 0 Å². The maximum absolute atomic E-state index is 12.1. The van der Waals surface area contributed by atoms with Crippen molar-refractivity contribution < 1.29 is 9.53 Å². The highest BCUT2D eigenvalue weighted by atomic mass is 16.5. The number of urea groups is 1. The number of carbonyl (C=O) groups excluding carboxylic acids is 1. The van der Waals surface area contributed by atoms with Crippen molar-refractivity contribution in [2.75, 3.05) is 19.7 Å². The van der Waals surface area contributed by atoms with E-state index in [1.54, 1.807) is 0 Å². The number of hydrogen-bond acceptors (Lipinski definition) is 2. The van der Waals surface area contributed by atoms with Gasteiger partial charge < -0.3 is 15.0 Å². The average molecular weight is 238 g/mol. The van der Waals surface area contributed by atoms with E-state index in [0.717, 1.165) is 19.3 Å². The maximum atomic E-state index is 12.1. The van der Waals surface area contributed by atoms with Crippen LogP contribution in [0, 0.1) is 0 Å². The van der Waals surface area contributed by atoms with Gasteiger partial charge in [-0.2, -0.15) is 0 Å². The van der Waals surface area contributed by atoms with Gasteiger partial charge in [-0.25, -0.2) is 4.79 Å². The van der Waals surface area contributed by atoms with Crippen LogP contribution in [0.4, 0.5) is 4.79 Å². The van der Waals surface area contributed by atoms with Crippen molar-refractivity contribution in [1.82, 2.24) is 10.2 Å². The third-order valence-electron chi connectivity index (χ3n) is 3.71. The second-order valence-corrected chi connectivity index (χ2v) is 5.16. The Morgan fingerprint density at radius 1 is 1.53 bits per heavy atom. The van der Waals surface area contributed by atoms with Gasteiger partial charge in [0.2, 0.25) is 0 Å². The summed E-state index contributed by atoms with van der Waals surface area (Å²) >= 11 is 0. The lowest BCUT2D eigenvalue weighted by molar-refractivity contribution is -0.0874. The van der Waals surface area contributed by atoms with Crippen molar-refractivity contribution in [2.24, 2.45) is 0 Å². The van der Waals surface area contributed by atoms with Crippen molar-refractivity contribution in [3.05, 3.63) is 12.2 Å². The van der Waals surface area contributed by atoms with Crippen molar-refractivity contribution in [2.45, 2.75) is 44.8 Å². The Morgan fingerprint density at radius 3 is 2.88 bits per heavy atom. The second kappa shape index (κ2) is 5.08. The molecule has 0 spiro atoms. The molecule has 0 aromatic rings. The number of ether oxygens (including phenoxy) is 1. The molecule has 0 aromatic heterocycles. The Hall–Kier alpha value is -1.03. The molecule has 17 heavy (non-hydrogen) atoms. The largest absolute Gasteiger partial charge is 0.372 e. The van der Waals surface area contributed by atoms with Crippen LogP contribution in [0.5, 0.6) is 0 Å². The normalized spacial score (nSPS) is 29.6. The zero-order valence-corrected chi connectivity index (χ0v) is 10.7. The van der Waals surface area contributed by atoms with Crippen molar-refractivity contribution in [1.29, 1.82) is 0 Å². The van der Waals surface area contributed by atoms with Crippen LogP contribution < -0.4 is 5.32 Å². The van der Waals surface area contributed by atoms with Gasteiger partial charge in [0.05, 0.1) is 18.8 Å². The highest BCUT2D eigenvalue weighted by Gasteiger charge is 2.33. The van der Waals surface area contributed by atoms with Crippen molar-refractivity contribution in [3.63, 3.8) is 0 Å².